The van der Waals surface area contributed by atoms with E-state index in [2.05, 4.69) is 35.1 Å². The smallest absolute Gasteiger partial charge is 0.395 e. The third kappa shape index (κ3) is 3.48. The first kappa shape index (κ1) is 18.5. The summed E-state index contributed by atoms with van der Waals surface area (Å²) in [5, 5.41) is 10.6. The minimum atomic E-state index is -3.75. The van der Waals surface area contributed by atoms with Crippen LogP contribution in [0.4, 0.5) is 20.3 Å². The van der Waals surface area contributed by atoms with Crippen LogP contribution in [0.15, 0.2) is 48.7 Å². The maximum Gasteiger partial charge on any atom is 0.586 e. The van der Waals surface area contributed by atoms with Crippen molar-refractivity contribution < 1.29 is 27.9 Å². The number of alkyl halides is 2. The number of amides is 1. The topological polar surface area (TPSA) is 139 Å². The monoisotopic (exact) mass is 427 g/mol. The number of hydrogen-bond donors (Lipinski definition) is 2. The van der Waals surface area contributed by atoms with Crippen molar-refractivity contribution in [2.75, 3.05) is 5.32 Å². The highest BCUT2D eigenvalue weighted by molar-refractivity contribution is 5.98. The first-order chi connectivity index (χ1) is 14.9. The van der Waals surface area contributed by atoms with Gasteiger partial charge in [0.05, 0.1) is 0 Å². The Balaban J connectivity index is 1.46. The van der Waals surface area contributed by atoms with Crippen LogP contribution in [0.5, 0.6) is 17.5 Å². The van der Waals surface area contributed by atoms with Gasteiger partial charge in [-0.25, -0.2) is 4.98 Å². The number of halogens is 2. The zero-order valence-electron chi connectivity index (χ0n) is 15.3. The Morgan fingerprint density at radius 2 is 1.97 bits per heavy atom. The van der Waals surface area contributed by atoms with Gasteiger partial charge >= 0.3 is 12.3 Å². The predicted octanol–water partition coefficient (Wildman–Crippen LogP) is 2.23. The molecule has 0 atom stereocenters. The molecule has 11 nitrogen and oxygen atoms in total. The third-order valence-corrected chi connectivity index (χ3v) is 4.19. The van der Waals surface area contributed by atoms with E-state index < -0.39 is 12.2 Å². The molecule has 1 aliphatic heterocycles. The fourth-order valence-electron chi connectivity index (χ4n) is 2.84. The van der Waals surface area contributed by atoms with Crippen LogP contribution in [0, 0.1) is 0 Å². The number of aromatic nitrogens is 5. The van der Waals surface area contributed by atoms with Crippen LogP contribution >= 0.6 is 0 Å². The summed E-state index contributed by atoms with van der Waals surface area (Å²) < 4.78 is 35.2. The van der Waals surface area contributed by atoms with Gasteiger partial charge in [-0.05, 0) is 29.5 Å². The highest BCUT2D eigenvalue weighted by Gasteiger charge is 2.43. The van der Waals surface area contributed by atoms with Gasteiger partial charge in [0.15, 0.2) is 17.3 Å². The summed E-state index contributed by atoms with van der Waals surface area (Å²) >= 11 is 0. The molecule has 0 aliphatic carbocycles. The number of nitrogens with zero attached hydrogens (tertiary/aromatic N) is 5. The largest absolute Gasteiger partial charge is 0.586 e. The molecule has 13 heteroatoms. The van der Waals surface area contributed by atoms with Crippen molar-refractivity contribution in [1.82, 2.24) is 25.1 Å². The Hall–Kier alpha value is -4.55. The summed E-state index contributed by atoms with van der Waals surface area (Å²) in [6.45, 7) is 0. The Morgan fingerprint density at radius 1 is 1.16 bits per heavy atom. The Labute approximate surface area is 171 Å². The minimum absolute atomic E-state index is 0.0208. The van der Waals surface area contributed by atoms with Crippen molar-refractivity contribution in [3.63, 3.8) is 0 Å². The Kier molecular flexibility index (Phi) is 4.03. The number of hydrogen-bond acceptors (Lipinski definition) is 9. The van der Waals surface area contributed by atoms with Crippen LogP contribution in [-0.4, -0.2) is 37.3 Å². The molecule has 0 unspecified atom stereocenters. The summed E-state index contributed by atoms with van der Waals surface area (Å²) in [5.41, 5.74) is 6.76. The molecule has 1 amide bonds. The number of nitrogens with two attached hydrogens (primary N) is 1. The van der Waals surface area contributed by atoms with Crippen LogP contribution in [0.3, 0.4) is 0 Å². The highest BCUT2D eigenvalue weighted by atomic mass is 19.3. The van der Waals surface area contributed by atoms with Crippen LogP contribution in [-0.2, 0) is 0 Å². The van der Waals surface area contributed by atoms with E-state index in [4.69, 9.17) is 10.6 Å². The number of carbonyl (C=O) groups excluding carboxylic acids is 1. The van der Waals surface area contributed by atoms with Crippen LogP contribution < -0.4 is 25.4 Å². The molecule has 31 heavy (non-hydrogen) atoms. The lowest BCUT2D eigenvalue weighted by Crippen LogP contribution is -2.25. The van der Waals surface area contributed by atoms with Crippen molar-refractivity contribution >= 4 is 28.4 Å². The highest BCUT2D eigenvalue weighted by Crippen LogP contribution is 2.42. The number of rotatable bonds is 5. The number of nitrogens with one attached hydrogen (secondary N) is 1. The van der Waals surface area contributed by atoms with Crippen LogP contribution in [0.2, 0.25) is 0 Å². The molecule has 3 N–H and O–H groups in total. The SMILES string of the molecule is NC(=O)c1cnc(On2nnc3ccccc32)nc1Nc1ccc2c(c1)OC(F)(F)O2. The Bertz CT molecular complexity index is 1330. The summed E-state index contributed by atoms with van der Waals surface area (Å²) in [4.78, 5) is 26.5. The van der Waals surface area contributed by atoms with Crippen molar-refractivity contribution in [2.45, 2.75) is 6.29 Å². The molecule has 0 radical (unpaired) electrons. The van der Waals surface area contributed by atoms with Gasteiger partial charge in [-0.1, -0.05) is 17.0 Å². The van der Waals surface area contributed by atoms with Crippen molar-refractivity contribution in [3.8, 4) is 17.5 Å². The lowest BCUT2D eigenvalue weighted by Gasteiger charge is -2.11. The molecule has 0 fully saturated rings. The van der Waals surface area contributed by atoms with Crippen LogP contribution in [0.1, 0.15) is 10.4 Å². The van der Waals surface area contributed by atoms with E-state index in [1.54, 1.807) is 24.3 Å². The van der Waals surface area contributed by atoms with E-state index in [0.717, 1.165) is 11.0 Å². The van der Waals surface area contributed by atoms with E-state index in [1.165, 1.54) is 18.2 Å². The number of carbonyl (C=O) groups is 1. The molecule has 4 aromatic rings. The molecule has 0 saturated carbocycles. The number of primary amides is 1. The predicted molar refractivity (Wildman–Crippen MR) is 100 cm³/mol. The lowest BCUT2D eigenvalue weighted by atomic mass is 10.2. The zero-order valence-corrected chi connectivity index (χ0v) is 15.3. The average molecular weight is 427 g/mol. The molecule has 3 heterocycles. The molecule has 156 valence electrons. The zero-order chi connectivity index (χ0) is 21.6. The first-order valence-corrected chi connectivity index (χ1v) is 8.70. The van der Waals surface area contributed by atoms with Gasteiger partial charge in [-0.3, -0.25) is 4.79 Å². The minimum Gasteiger partial charge on any atom is -0.395 e. The molecule has 0 saturated heterocycles. The van der Waals surface area contributed by atoms with Crippen molar-refractivity contribution in [2.24, 2.45) is 5.73 Å². The van der Waals surface area contributed by atoms with Gasteiger partial charge in [0, 0.05) is 18.0 Å². The quantitative estimate of drug-likeness (QED) is 0.491. The number of fused-ring (bicyclic) bond motifs is 2. The number of anilines is 2. The number of para-hydroxylation sites is 1. The van der Waals surface area contributed by atoms with E-state index in [-0.39, 0.29) is 34.6 Å². The van der Waals surface area contributed by atoms with Gasteiger partial charge in [0.2, 0.25) is 0 Å². The molecule has 1 aliphatic rings. The third-order valence-electron chi connectivity index (χ3n) is 4.19. The number of ether oxygens (including phenoxy) is 2. The Morgan fingerprint density at radius 3 is 2.81 bits per heavy atom. The molecular weight excluding hydrogens is 416 g/mol. The fraction of sp³-hybridized carbons (Fsp3) is 0.0556. The second-order valence-corrected chi connectivity index (χ2v) is 6.28. The number of benzene rings is 2. The van der Waals surface area contributed by atoms with Gasteiger partial charge in [0.1, 0.15) is 16.6 Å². The summed E-state index contributed by atoms with van der Waals surface area (Å²) in [6, 6.07) is 10.8. The van der Waals surface area contributed by atoms with Gasteiger partial charge < -0.3 is 25.4 Å². The van der Waals surface area contributed by atoms with E-state index in [9.17, 15) is 13.6 Å². The fourth-order valence-corrected chi connectivity index (χ4v) is 2.84. The standard InChI is InChI=1S/C18H11F2N7O4/c19-18(20)29-13-6-5-9(7-14(13)30-18)23-16-10(15(21)28)8-22-17(24-16)31-27-12-4-2-1-3-11(12)25-26-27/h1-8H,(H2,21,28)(H,22,23,24). The molecule has 0 spiro atoms. The van der Waals surface area contributed by atoms with Crippen molar-refractivity contribution in [3.05, 3.63) is 54.2 Å². The summed E-state index contributed by atoms with van der Waals surface area (Å²) in [6.07, 6.45) is -2.59. The molecule has 2 aromatic heterocycles. The molecular formula is C18H11F2N7O4. The maximum atomic E-state index is 13.2. The van der Waals surface area contributed by atoms with Crippen LogP contribution in [0.25, 0.3) is 11.0 Å². The van der Waals surface area contributed by atoms with Gasteiger partial charge in [0.25, 0.3) is 5.91 Å². The molecule has 0 bridgehead atoms. The average Bonchev–Trinajstić information content (AvgIpc) is 3.26. The van der Waals surface area contributed by atoms with E-state index in [1.807, 2.05) is 0 Å². The normalized spacial score (nSPS) is 13.9. The second kappa shape index (κ2) is 6.76. The van der Waals surface area contributed by atoms with E-state index in [0.29, 0.717) is 11.0 Å². The van der Waals surface area contributed by atoms with E-state index >= 15 is 0 Å². The van der Waals surface area contributed by atoms with Gasteiger partial charge in [-0.15, -0.1) is 13.9 Å². The molecule has 2 aromatic carbocycles. The second-order valence-electron chi connectivity index (χ2n) is 6.28. The molecule has 5 rings (SSSR count). The maximum absolute atomic E-state index is 13.2. The van der Waals surface area contributed by atoms with Crippen molar-refractivity contribution in [1.29, 1.82) is 0 Å². The summed E-state index contributed by atoms with van der Waals surface area (Å²) in [7, 11) is 0. The van der Waals surface area contributed by atoms with Gasteiger partial charge in [-0.2, -0.15) is 4.98 Å². The lowest BCUT2D eigenvalue weighted by molar-refractivity contribution is -0.286. The summed E-state index contributed by atoms with van der Waals surface area (Å²) in [5.74, 6) is -1.15. The first-order valence-electron chi connectivity index (χ1n) is 8.70.